The number of rotatable bonds is 11. The predicted molar refractivity (Wildman–Crippen MR) is 132 cm³/mol. The summed E-state index contributed by atoms with van der Waals surface area (Å²) in [5.74, 6) is -5.34. The highest BCUT2D eigenvalue weighted by Crippen LogP contribution is 2.34. The van der Waals surface area contributed by atoms with Gasteiger partial charge in [-0.1, -0.05) is 0 Å². The minimum Gasteiger partial charge on any atom is -0.490 e. The van der Waals surface area contributed by atoms with E-state index >= 15 is 0 Å². The van der Waals surface area contributed by atoms with Crippen LogP contribution < -0.4 is 20.5 Å². The molecule has 0 bridgehead atoms. The van der Waals surface area contributed by atoms with Crippen molar-refractivity contribution in [2.24, 2.45) is 10.7 Å². The summed E-state index contributed by atoms with van der Waals surface area (Å²) in [5, 5.41) is 21.4. The van der Waals surface area contributed by atoms with Crippen LogP contribution in [-0.4, -0.2) is 47.7 Å². The summed E-state index contributed by atoms with van der Waals surface area (Å²) >= 11 is 0. The molecule has 3 aromatic carbocycles. The number of aliphatic imine (C=N–C) groups is 1. The lowest BCUT2D eigenvalue weighted by Crippen LogP contribution is -2.22. The van der Waals surface area contributed by atoms with E-state index in [9.17, 15) is 27.9 Å². The smallest absolute Gasteiger partial charge is 0.330 e. The molecule has 3 rings (SSSR count). The minimum atomic E-state index is -1.53. The second-order valence-electron chi connectivity index (χ2n) is 7.74. The molecule has 1 amide bonds. The van der Waals surface area contributed by atoms with Crippen LogP contribution in [-0.2, 0) is 4.79 Å². The van der Waals surface area contributed by atoms with Crippen molar-refractivity contribution in [2.75, 3.05) is 25.1 Å². The molecule has 0 aliphatic rings. The van der Waals surface area contributed by atoms with Crippen LogP contribution in [0.2, 0.25) is 0 Å². The Kier molecular flexibility index (Phi) is 9.28. The Labute approximate surface area is 215 Å². The number of nitrogens with two attached hydrogens (primary N) is 1. The van der Waals surface area contributed by atoms with E-state index in [1.54, 1.807) is 6.92 Å². The first-order valence-electron chi connectivity index (χ1n) is 11.3. The van der Waals surface area contributed by atoms with Crippen molar-refractivity contribution in [1.82, 2.24) is 0 Å². The second-order valence-corrected chi connectivity index (χ2v) is 7.74. The molecule has 0 saturated heterocycles. The third-order valence-electron chi connectivity index (χ3n) is 5.14. The van der Waals surface area contributed by atoms with E-state index in [4.69, 9.17) is 20.3 Å². The maximum Gasteiger partial charge on any atom is 0.330 e. The topological polar surface area (TPSA) is 143 Å². The maximum atomic E-state index is 14.9. The molecule has 12 heteroatoms. The quantitative estimate of drug-likeness (QED) is 0.217. The van der Waals surface area contributed by atoms with Gasteiger partial charge in [-0.05, 0) is 49.4 Å². The fourth-order valence-corrected chi connectivity index (χ4v) is 3.38. The molecule has 0 aliphatic carbocycles. The zero-order valence-electron chi connectivity index (χ0n) is 20.1. The number of amidine groups is 1. The number of halogens is 3. The number of aliphatic carboxylic acids is 1. The van der Waals surface area contributed by atoms with Crippen molar-refractivity contribution in [3.63, 3.8) is 0 Å². The number of anilines is 1. The zero-order valence-corrected chi connectivity index (χ0v) is 20.1. The Hall–Kier alpha value is -4.58. The number of hydrogen-bond acceptors (Lipinski definition) is 6. The Morgan fingerprint density at radius 2 is 1.68 bits per heavy atom. The zero-order chi connectivity index (χ0) is 27.8. The monoisotopic (exact) mass is 531 g/mol. The molecule has 0 spiro atoms. The van der Waals surface area contributed by atoms with Crippen molar-refractivity contribution in [3.8, 4) is 11.5 Å². The molecule has 200 valence electrons. The van der Waals surface area contributed by atoms with Crippen LogP contribution in [0.15, 0.2) is 59.6 Å². The van der Waals surface area contributed by atoms with Crippen LogP contribution in [0.5, 0.6) is 11.5 Å². The third kappa shape index (κ3) is 6.79. The van der Waals surface area contributed by atoms with Gasteiger partial charge in [0, 0.05) is 28.9 Å². The van der Waals surface area contributed by atoms with Gasteiger partial charge in [0.25, 0.3) is 5.91 Å². The van der Waals surface area contributed by atoms with E-state index in [-0.39, 0.29) is 54.0 Å². The van der Waals surface area contributed by atoms with E-state index < -0.39 is 40.9 Å². The number of nitrogens with one attached hydrogen (secondary N) is 1. The Morgan fingerprint density at radius 3 is 2.29 bits per heavy atom. The number of carbonyl (C=O) groups excluding carboxylic acids is 1. The molecule has 0 saturated carbocycles. The number of hydrogen-bond donors (Lipinski definition) is 4. The van der Waals surface area contributed by atoms with Crippen molar-refractivity contribution >= 4 is 23.4 Å². The van der Waals surface area contributed by atoms with Gasteiger partial charge >= 0.3 is 5.97 Å². The lowest BCUT2D eigenvalue weighted by Gasteiger charge is -2.20. The first-order chi connectivity index (χ1) is 18.1. The standard InChI is InChI=1S/C26H24F3N3O6/c1-2-37-21-12-18(20(29)13-22(21)38-10-9-33)23(26(35)36)31-16-6-3-14(4-7-16)24(30)32-25(34)17-8-5-15(27)11-19(17)28/h3-8,11-13,23,31,33H,2,9-10H2,1H3,(H,35,36)(H2,30,32,34). The van der Waals surface area contributed by atoms with Gasteiger partial charge in [0.2, 0.25) is 0 Å². The summed E-state index contributed by atoms with van der Waals surface area (Å²) in [7, 11) is 0. The van der Waals surface area contributed by atoms with Crippen molar-refractivity contribution < 1.29 is 42.4 Å². The fraction of sp³-hybridized carbons (Fsp3) is 0.192. The van der Waals surface area contributed by atoms with E-state index in [0.29, 0.717) is 6.07 Å². The Balaban J connectivity index is 1.83. The molecule has 0 heterocycles. The van der Waals surface area contributed by atoms with Gasteiger partial charge in [-0.25, -0.2) is 18.0 Å². The number of ether oxygens (including phenoxy) is 2. The van der Waals surface area contributed by atoms with E-state index in [1.165, 1.54) is 30.3 Å². The van der Waals surface area contributed by atoms with E-state index in [0.717, 1.165) is 18.2 Å². The lowest BCUT2D eigenvalue weighted by atomic mass is 10.0. The highest BCUT2D eigenvalue weighted by atomic mass is 19.1. The summed E-state index contributed by atoms with van der Waals surface area (Å²) in [4.78, 5) is 27.8. The number of nitrogens with zero attached hydrogens (tertiary/aromatic N) is 1. The lowest BCUT2D eigenvalue weighted by molar-refractivity contribution is -0.138. The van der Waals surface area contributed by atoms with Gasteiger partial charge in [0.15, 0.2) is 17.5 Å². The van der Waals surface area contributed by atoms with Gasteiger partial charge < -0.3 is 30.7 Å². The second kappa shape index (κ2) is 12.6. The summed E-state index contributed by atoms with van der Waals surface area (Å²) in [6.07, 6.45) is 0. The molecule has 0 fully saturated rings. The largest absolute Gasteiger partial charge is 0.490 e. The summed E-state index contributed by atoms with van der Waals surface area (Å²) in [5.41, 5.74) is 5.68. The summed E-state index contributed by atoms with van der Waals surface area (Å²) in [6.45, 7) is 1.47. The maximum absolute atomic E-state index is 14.9. The minimum absolute atomic E-state index is 0.0143. The Morgan fingerprint density at radius 1 is 1.00 bits per heavy atom. The molecule has 0 aromatic heterocycles. The van der Waals surface area contributed by atoms with Gasteiger partial charge in [-0.15, -0.1) is 0 Å². The molecule has 38 heavy (non-hydrogen) atoms. The normalized spacial score (nSPS) is 12.1. The Bertz CT molecular complexity index is 1350. The molecule has 1 unspecified atom stereocenters. The van der Waals surface area contributed by atoms with Crippen LogP contribution in [0.1, 0.15) is 34.5 Å². The van der Waals surface area contributed by atoms with Gasteiger partial charge in [0.05, 0.1) is 18.8 Å². The number of amides is 1. The number of benzene rings is 3. The van der Waals surface area contributed by atoms with Gasteiger partial charge in [0.1, 0.15) is 29.9 Å². The first-order valence-corrected chi connectivity index (χ1v) is 11.3. The highest BCUT2D eigenvalue weighted by molar-refractivity contribution is 6.08. The van der Waals surface area contributed by atoms with E-state index in [2.05, 4.69) is 10.3 Å². The van der Waals surface area contributed by atoms with Crippen LogP contribution >= 0.6 is 0 Å². The van der Waals surface area contributed by atoms with Crippen molar-refractivity contribution in [1.29, 1.82) is 0 Å². The first kappa shape index (κ1) is 28.0. The number of aliphatic hydroxyl groups is 1. The highest BCUT2D eigenvalue weighted by Gasteiger charge is 2.26. The molecule has 0 radical (unpaired) electrons. The average molecular weight is 531 g/mol. The van der Waals surface area contributed by atoms with Crippen LogP contribution in [0.4, 0.5) is 18.9 Å². The molecular formula is C26H24F3N3O6. The third-order valence-corrected chi connectivity index (χ3v) is 5.14. The molecule has 3 aromatic rings. The van der Waals surface area contributed by atoms with Crippen LogP contribution in [0, 0.1) is 17.5 Å². The summed E-state index contributed by atoms with van der Waals surface area (Å²) in [6, 6.07) is 8.76. The van der Waals surface area contributed by atoms with Crippen LogP contribution in [0.3, 0.4) is 0 Å². The molecule has 9 nitrogen and oxygen atoms in total. The fourth-order valence-electron chi connectivity index (χ4n) is 3.38. The molecule has 5 N–H and O–H groups in total. The summed E-state index contributed by atoms with van der Waals surface area (Å²) < 4.78 is 52.5. The van der Waals surface area contributed by atoms with Crippen molar-refractivity contribution in [2.45, 2.75) is 13.0 Å². The number of aliphatic hydroxyl groups excluding tert-OH is 1. The van der Waals surface area contributed by atoms with Gasteiger partial charge in [-0.3, -0.25) is 4.79 Å². The number of carboxylic acid groups (broad SMARTS) is 1. The van der Waals surface area contributed by atoms with Crippen LogP contribution in [0.25, 0.3) is 0 Å². The number of carboxylic acids is 1. The molecular weight excluding hydrogens is 507 g/mol. The number of carbonyl (C=O) groups is 2. The SMILES string of the molecule is CCOc1cc(C(Nc2ccc(C(N)=NC(=O)c3ccc(F)cc3F)cc2)C(=O)O)c(F)cc1OCCO. The van der Waals surface area contributed by atoms with E-state index in [1.807, 2.05) is 0 Å². The van der Waals surface area contributed by atoms with Gasteiger partial charge in [-0.2, -0.15) is 4.99 Å². The van der Waals surface area contributed by atoms with Crippen molar-refractivity contribution in [3.05, 3.63) is 88.7 Å². The molecule has 1 atom stereocenters. The molecule has 0 aliphatic heterocycles. The predicted octanol–water partition coefficient (Wildman–Crippen LogP) is 3.66. The average Bonchev–Trinajstić information content (AvgIpc) is 2.87.